The topological polar surface area (TPSA) is 97.5 Å². The molecule has 1 saturated carbocycles. The lowest BCUT2D eigenvalue weighted by Crippen LogP contribution is -2.40. The van der Waals surface area contributed by atoms with Gasteiger partial charge < -0.3 is 10.8 Å². The second kappa shape index (κ2) is 4.57. The number of hydrogen-bond acceptors (Lipinski definition) is 4. The number of carboxylic acid groups (broad SMARTS) is 1. The van der Waals surface area contributed by atoms with Gasteiger partial charge in [-0.1, -0.05) is 35.0 Å². The normalized spacial score (nSPS) is 30.1. The van der Waals surface area contributed by atoms with E-state index in [-0.39, 0.29) is 5.75 Å². The summed E-state index contributed by atoms with van der Waals surface area (Å²) < 4.78 is 24.8. The van der Waals surface area contributed by atoms with Crippen LogP contribution in [0.3, 0.4) is 0 Å². The Morgan fingerprint density at radius 2 is 1.95 bits per heavy atom. The number of carbonyl (C=O) groups is 1. The fourth-order valence-electron chi connectivity index (χ4n) is 2.43. The first-order valence-corrected chi connectivity index (χ1v) is 8.25. The number of aliphatic carboxylic acids is 1. The molecular weight excluding hydrogens is 334 g/mol. The van der Waals surface area contributed by atoms with Crippen molar-refractivity contribution in [1.29, 1.82) is 0 Å². The Morgan fingerprint density at radius 3 is 2.37 bits per heavy atom. The molecule has 2 rings (SSSR count). The molecule has 0 bridgehead atoms. The molecule has 5 nitrogen and oxygen atoms in total. The molecule has 1 aromatic rings. The largest absolute Gasteiger partial charge is 0.480 e. The van der Waals surface area contributed by atoms with Gasteiger partial charge in [0.1, 0.15) is 5.54 Å². The molecule has 0 heterocycles. The van der Waals surface area contributed by atoms with Crippen molar-refractivity contribution in [2.24, 2.45) is 5.73 Å². The van der Waals surface area contributed by atoms with Crippen LogP contribution in [0.1, 0.15) is 18.4 Å². The molecule has 0 amide bonds. The number of halogens is 1. The van der Waals surface area contributed by atoms with E-state index in [9.17, 15) is 18.3 Å². The summed E-state index contributed by atoms with van der Waals surface area (Å²) in [5, 5.41) is 8.18. The lowest BCUT2D eigenvalue weighted by molar-refractivity contribution is -0.139. The number of benzene rings is 1. The van der Waals surface area contributed by atoms with Crippen LogP contribution in [0.15, 0.2) is 28.7 Å². The van der Waals surface area contributed by atoms with Crippen LogP contribution in [0.5, 0.6) is 0 Å². The Labute approximate surface area is 119 Å². The Bertz CT molecular complexity index is 613. The van der Waals surface area contributed by atoms with Gasteiger partial charge in [0.15, 0.2) is 9.84 Å². The van der Waals surface area contributed by atoms with Crippen LogP contribution < -0.4 is 5.73 Å². The standard InChI is InChI=1S/C12H14BrNO4S/c1-2-19(17,18)10-9(12(10,14)11(15)16)7-3-5-8(13)6-4-7/h3-6,9-10H,2,14H2,1H3,(H,15,16)/t9-,10+,12-/m0/s1. The van der Waals surface area contributed by atoms with E-state index in [0.29, 0.717) is 5.56 Å². The minimum Gasteiger partial charge on any atom is -0.480 e. The van der Waals surface area contributed by atoms with Crippen molar-refractivity contribution in [3.05, 3.63) is 34.3 Å². The van der Waals surface area contributed by atoms with Crippen LogP contribution in [0, 0.1) is 0 Å². The Hall–Kier alpha value is -0.920. The van der Waals surface area contributed by atoms with Crippen LogP contribution in [0.2, 0.25) is 0 Å². The molecule has 3 atom stereocenters. The van der Waals surface area contributed by atoms with Gasteiger partial charge in [-0.15, -0.1) is 0 Å². The third kappa shape index (κ3) is 2.19. The summed E-state index contributed by atoms with van der Waals surface area (Å²) in [6, 6.07) is 6.88. The Morgan fingerprint density at radius 1 is 1.42 bits per heavy atom. The van der Waals surface area contributed by atoms with Gasteiger partial charge in [0.2, 0.25) is 0 Å². The van der Waals surface area contributed by atoms with Crippen LogP contribution in [0.25, 0.3) is 0 Å². The fourth-order valence-corrected chi connectivity index (χ4v) is 4.62. The van der Waals surface area contributed by atoms with Gasteiger partial charge in [-0.05, 0) is 17.7 Å². The van der Waals surface area contributed by atoms with E-state index in [4.69, 9.17) is 5.73 Å². The summed E-state index contributed by atoms with van der Waals surface area (Å²) in [4.78, 5) is 11.3. The zero-order valence-corrected chi connectivity index (χ0v) is 12.6. The molecule has 0 saturated heterocycles. The molecular formula is C12H14BrNO4S. The maximum atomic E-state index is 12.0. The fraction of sp³-hybridized carbons (Fsp3) is 0.417. The Balaban J connectivity index is 2.45. The highest BCUT2D eigenvalue weighted by atomic mass is 79.9. The van der Waals surface area contributed by atoms with E-state index < -0.39 is 32.5 Å². The first-order valence-electron chi connectivity index (χ1n) is 5.74. The van der Waals surface area contributed by atoms with E-state index in [0.717, 1.165) is 4.47 Å². The van der Waals surface area contributed by atoms with Gasteiger partial charge in [-0.2, -0.15) is 0 Å². The number of hydrogen-bond donors (Lipinski definition) is 2. The Kier molecular flexibility index (Phi) is 3.49. The highest BCUT2D eigenvalue weighted by Crippen LogP contribution is 2.54. The minimum absolute atomic E-state index is 0.114. The molecule has 3 N–H and O–H groups in total. The summed E-state index contributed by atoms with van der Waals surface area (Å²) >= 11 is 3.27. The number of carboxylic acids is 1. The third-order valence-electron chi connectivity index (χ3n) is 3.57. The molecule has 1 aliphatic carbocycles. The van der Waals surface area contributed by atoms with E-state index >= 15 is 0 Å². The van der Waals surface area contributed by atoms with E-state index in [1.807, 2.05) is 0 Å². The molecule has 0 unspecified atom stereocenters. The summed E-state index contributed by atoms with van der Waals surface area (Å²) in [6.07, 6.45) is 0. The second-order valence-corrected chi connectivity index (χ2v) is 7.97. The maximum absolute atomic E-state index is 12.0. The van der Waals surface area contributed by atoms with Gasteiger partial charge in [0.25, 0.3) is 0 Å². The molecule has 1 aromatic carbocycles. The molecule has 0 radical (unpaired) electrons. The van der Waals surface area contributed by atoms with Crippen LogP contribution in [-0.4, -0.2) is 36.0 Å². The summed E-state index contributed by atoms with van der Waals surface area (Å²) in [6.45, 7) is 1.49. The quantitative estimate of drug-likeness (QED) is 0.850. The second-order valence-electron chi connectivity index (χ2n) is 4.64. The lowest BCUT2D eigenvalue weighted by atomic mass is 10.1. The van der Waals surface area contributed by atoms with Crippen molar-refractivity contribution in [1.82, 2.24) is 0 Å². The van der Waals surface area contributed by atoms with Crippen molar-refractivity contribution in [2.75, 3.05) is 5.75 Å². The van der Waals surface area contributed by atoms with Crippen LogP contribution >= 0.6 is 15.9 Å². The molecule has 104 valence electrons. The summed E-state index contributed by atoms with van der Waals surface area (Å²) in [5.74, 6) is -2.08. The van der Waals surface area contributed by atoms with Crippen molar-refractivity contribution in [3.63, 3.8) is 0 Å². The van der Waals surface area contributed by atoms with Crippen molar-refractivity contribution < 1.29 is 18.3 Å². The van der Waals surface area contributed by atoms with Gasteiger partial charge in [0.05, 0.1) is 5.25 Å². The lowest BCUT2D eigenvalue weighted by Gasteiger charge is -2.05. The maximum Gasteiger partial charge on any atom is 0.325 e. The zero-order chi connectivity index (χ0) is 14.4. The molecule has 1 aliphatic rings. The predicted molar refractivity (Wildman–Crippen MR) is 74.7 cm³/mol. The third-order valence-corrected chi connectivity index (χ3v) is 6.34. The van der Waals surface area contributed by atoms with Crippen molar-refractivity contribution >= 4 is 31.7 Å². The van der Waals surface area contributed by atoms with E-state index in [2.05, 4.69) is 15.9 Å². The van der Waals surface area contributed by atoms with Gasteiger partial charge in [-0.3, -0.25) is 4.79 Å². The van der Waals surface area contributed by atoms with Gasteiger partial charge >= 0.3 is 5.97 Å². The number of nitrogens with two attached hydrogens (primary N) is 1. The SMILES string of the molecule is CCS(=O)(=O)[C@@H]1[C@H](c2ccc(Br)cc2)[C@@]1(N)C(=O)O. The first kappa shape index (κ1) is 14.5. The van der Waals surface area contributed by atoms with Crippen molar-refractivity contribution in [2.45, 2.75) is 23.6 Å². The zero-order valence-electron chi connectivity index (χ0n) is 10.2. The van der Waals surface area contributed by atoms with E-state index in [1.165, 1.54) is 6.92 Å². The summed E-state index contributed by atoms with van der Waals surface area (Å²) in [7, 11) is -3.50. The molecule has 1 fully saturated rings. The monoisotopic (exact) mass is 347 g/mol. The molecule has 0 spiro atoms. The smallest absolute Gasteiger partial charge is 0.325 e. The molecule has 19 heavy (non-hydrogen) atoms. The highest BCUT2D eigenvalue weighted by molar-refractivity contribution is 9.10. The molecule has 7 heteroatoms. The van der Waals surface area contributed by atoms with Crippen molar-refractivity contribution in [3.8, 4) is 0 Å². The number of sulfone groups is 1. The van der Waals surface area contributed by atoms with Gasteiger partial charge in [-0.25, -0.2) is 8.42 Å². The minimum atomic E-state index is -3.50. The first-order chi connectivity index (χ1) is 8.75. The number of rotatable bonds is 4. The molecule has 0 aromatic heterocycles. The average molecular weight is 348 g/mol. The summed E-state index contributed by atoms with van der Waals surface area (Å²) in [5.41, 5.74) is 4.73. The predicted octanol–water partition coefficient (Wildman–Crippen LogP) is 1.13. The molecule has 0 aliphatic heterocycles. The van der Waals surface area contributed by atoms with Gasteiger partial charge in [0, 0.05) is 16.1 Å². The van der Waals surface area contributed by atoms with Crippen LogP contribution in [0.4, 0.5) is 0 Å². The average Bonchev–Trinajstić information content (AvgIpc) is 2.99. The highest BCUT2D eigenvalue weighted by Gasteiger charge is 2.73. The van der Waals surface area contributed by atoms with E-state index in [1.54, 1.807) is 24.3 Å². The van der Waals surface area contributed by atoms with Crippen LogP contribution in [-0.2, 0) is 14.6 Å².